The second-order valence-corrected chi connectivity index (χ2v) is 5.78. The van der Waals surface area contributed by atoms with Crippen LogP contribution in [0.4, 0.5) is 0 Å². The van der Waals surface area contributed by atoms with Crippen LogP contribution in [-0.4, -0.2) is 12.6 Å². The average Bonchev–Trinajstić information content (AvgIpc) is 2.56. The standard InChI is InChI=1S/C20H26O2.H3N/c1-2-3-4-5-6-7-10-16-22-20(21)19-15-11-13-17-12-8-9-14-18(17)19;/h8-9,11-15H,2-7,10,16H2,1H3;1H3. The summed E-state index contributed by atoms with van der Waals surface area (Å²) in [6.07, 6.45) is 8.58. The molecule has 126 valence electrons. The third kappa shape index (κ3) is 6.03. The Hall–Kier alpha value is -1.87. The van der Waals surface area contributed by atoms with Crippen LogP contribution in [0.3, 0.4) is 0 Å². The van der Waals surface area contributed by atoms with Crippen LogP contribution in [-0.2, 0) is 4.74 Å². The summed E-state index contributed by atoms with van der Waals surface area (Å²) in [5.74, 6) is -0.206. The molecule has 2 rings (SSSR count). The number of unbranched alkanes of at least 4 members (excludes halogenated alkanes) is 6. The van der Waals surface area contributed by atoms with E-state index in [0.717, 1.165) is 23.6 Å². The molecule has 0 amide bonds. The van der Waals surface area contributed by atoms with Crippen molar-refractivity contribution in [3.8, 4) is 0 Å². The molecular weight excluding hydrogens is 286 g/mol. The van der Waals surface area contributed by atoms with Gasteiger partial charge < -0.3 is 10.9 Å². The Morgan fingerprint density at radius 1 is 0.870 bits per heavy atom. The molecular formula is C20H29NO2. The van der Waals surface area contributed by atoms with Crippen molar-refractivity contribution in [1.82, 2.24) is 6.15 Å². The van der Waals surface area contributed by atoms with Gasteiger partial charge in [0.2, 0.25) is 0 Å². The van der Waals surface area contributed by atoms with Crippen molar-refractivity contribution >= 4 is 16.7 Å². The molecule has 0 fully saturated rings. The lowest BCUT2D eigenvalue weighted by Crippen LogP contribution is -2.07. The molecule has 2 aromatic carbocycles. The zero-order valence-corrected chi connectivity index (χ0v) is 14.2. The summed E-state index contributed by atoms with van der Waals surface area (Å²) < 4.78 is 5.42. The van der Waals surface area contributed by atoms with E-state index in [4.69, 9.17) is 4.74 Å². The minimum Gasteiger partial charge on any atom is -0.462 e. The van der Waals surface area contributed by atoms with Crippen molar-refractivity contribution in [3.63, 3.8) is 0 Å². The summed E-state index contributed by atoms with van der Waals surface area (Å²) in [7, 11) is 0. The van der Waals surface area contributed by atoms with Gasteiger partial charge in [0.15, 0.2) is 0 Å². The van der Waals surface area contributed by atoms with Crippen molar-refractivity contribution in [2.75, 3.05) is 6.61 Å². The van der Waals surface area contributed by atoms with Crippen LogP contribution in [0.1, 0.15) is 62.2 Å². The number of hydrogen-bond donors (Lipinski definition) is 1. The van der Waals surface area contributed by atoms with Crippen LogP contribution in [0.15, 0.2) is 42.5 Å². The van der Waals surface area contributed by atoms with Gasteiger partial charge in [0.25, 0.3) is 0 Å². The lowest BCUT2D eigenvalue weighted by molar-refractivity contribution is 0.0500. The molecule has 0 aromatic heterocycles. The number of carbonyl (C=O) groups excluding carboxylic acids is 1. The third-order valence-electron chi connectivity index (χ3n) is 3.99. The number of carbonyl (C=O) groups is 1. The highest BCUT2D eigenvalue weighted by Gasteiger charge is 2.10. The lowest BCUT2D eigenvalue weighted by Gasteiger charge is -2.07. The predicted molar refractivity (Wildman–Crippen MR) is 97.2 cm³/mol. The fourth-order valence-corrected chi connectivity index (χ4v) is 2.71. The Labute approximate surface area is 139 Å². The van der Waals surface area contributed by atoms with E-state index in [1.165, 1.54) is 32.1 Å². The topological polar surface area (TPSA) is 61.3 Å². The Kier molecular flexibility index (Phi) is 9.00. The molecule has 3 nitrogen and oxygen atoms in total. The number of benzene rings is 2. The summed E-state index contributed by atoms with van der Waals surface area (Å²) in [6.45, 7) is 2.75. The van der Waals surface area contributed by atoms with Gasteiger partial charge >= 0.3 is 5.97 Å². The second kappa shape index (κ2) is 10.8. The van der Waals surface area contributed by atoms with Crippen LogP contribution < -0.4 is 6.15 Å². The molecule has 3 N–H and O–H groups in total. The number of rotatable bonds is 9. The van der Waals surface area contributed by atoms with Gasteiger partial charge in [0.1, 0.15) is 0 Å². The van der Waals surface area contributed by atoms with Gasteiger partial charge in [-0.3, -0.25) is 0 Å². The first kappa shape index (κ1) is 19.2. The van der Waals surface area contributed by atoms with Gasteiger partial charge in [-0.25, -0.2) is 4.79 Å². The summed E-state index contributed by atoms with van der Waals surface area (Å²) in [6, 6.07) is 13.7. The van der Waals surface area contributed by atoms with Gasteiger partial charge in [0.05, 0.1) is 12.2 Å². The van der Waals surface area contributed by atoms with E-state index in [9.17, 15) is 4.79 Å². The predicted octanol–water partition coefficient (Wildman–Crippen LogP) is 5.91. The van der Waals surface area contributed by atoms with Crippen molar-refractivity contribution in [2.45, 2.75) is 51.9 Å². The number of ether oxygens (including phenoxy) is 1. The molecule has 0 aliphatic heterocycles. The van der Waals surface area contributed by atoms with E-state index >= 15 is 0 Å². The van der Waals surface area contributed by atoms with E-state index in [2.05, 4.69) is 6.92 Å². The molecule has 2 aromatic rings. The van der Waals surface area contributed by atoms with Crippen LogP contribution in [0.2, 0.25) is 0 Å². The zero-order chi connectivity index (χ0) is 15.6. The lowest BCUT2D eigenvalue weighted by atomic mass is 10.0. The van der Waals surface area contributed by atoms with Crippen molar-refractivity contribution in [3.05, 3.63) is 48.0 Å². The highest BCUT2D eigenvalue weighted by molar-refractivity contribution is 6.04. The molecule has 0 radical (unpaired) electrons. The molecule has 0 spiro atoms. The number of hydrogen-bond acceptors (Lipinski definition) is 3. The number of esters is 1. The van der Waals surface area contributed by atoms with Crippen molar-refractivity contribution in [2.24, 2.45) is 0 Å². The molecule has 0 saturated carbocycles. The van der Waals surface area contributed by atoms with Gasteiger partial charge in [-0.2, -0.15) is 0 Å². The van der Waals surface area contributed by atoms with E-state index in [1.807, 2.05) is 42.5 Å². The van der Waals surface area contributed by atoms with Crippen LogP contribution in [0, 0.1) is 0 Å². The van der Waals surface area contributed by atoms with Gasteiger partial charge in [0, 0.05) is 0 Å². The summed E-state index contributed by atoms with van der Waals surface area (Å²) >= 11 is 0. The van der Waals surface area contributed by atoms with Crippen molar-refractivity contribution in [1.29, 1.82) is 0 Å². The molecule has 0 aliphatic carbocycles. The number of fused-ring (bicyclic) bond motifs is 1. The maximum absolute atomic E-state index is 12.2. The molecule has 0 heterocycles. The highest BCUT2D eigenvalue weighted by atomic mass is 16.5. The van der Waals surface area contributed by atoms with Gasteiger partial charge in [-0.05, 0) is 23.3 Å². The maximum atomic E-state index is 12.2. The smallest absolute Gasteiger partial charge is 0.338 e. The molecule has 3 heteroatoms. The highest BCUT2D eigenvalue weighted by Crippen LogP contribution is 2.19. The van der Waals surface area contributed by atoms with Crippen LogP contribution in [0.5, 0.6) is 0 Å². The Morgan fingerprint density at radius 3 is 2.30 bits per heavy atom. The second-order valence-electron chi connectivity index (χ2n) is 5.78. The van der Waals surface area contributed by atoms with Gasteiger partial charge in [-0.15, -0.1) is 0 Å². The molecule has 0 saturated heterocycles. The average molecular weight is 315 g/mol. The van der Waals surface area contributed by atoms with Gasteiger partial charge in [-0.1, -0.05) is 81.8 Å². The fraction of sp³-hybridized carbons (Fsp3) is 0.450. The molecule has 23 heavy (non-hydrogen) atoms. The normalized spacial score (nSPS) is 10.3. The van der Waals surface area contributed by atoms with E-state index in [-0.39, 0.29) is 12.1 Å². The largest absolute Gasteiger partial charge is 0.462 e. The van der Waals surface area contributed by atoms with E-state index < -0.39 is 0 Å². The first-order chi connectivity index (χ1) is 10.8. The summed E-state index contributed by atoms with van der Waals surface area (Å²) in [5, 5.41) is 2.04. The quantitative estimate of drug-likeness (QED) is 0.462. The van der Waals surface area contributed by atoms with Crippen molar-refractivity contribution < 1.29 is 9.53 Å². The Balaban J connectivity index is 0.00000264. The Bertz CT molecular complexity index is 590. The van der Waals surface area contributed by atoms with E-state index in [1.54, 1.807) is 0 Å². The zero-order valence-electron chi connectivity index (χ0n) is 14.2. The molecule has 0 aliphatic rings. The molecule has 0 unspecified atom stereocenters. The molecule has 0 atom stereocenters. The minimum absolute atomic E-state index is 0. The minimum atomic E-state index is -0.206. The monoisotopic (exact) mass is 315 g/mol. The SMILES string of the molecule is CCCCCCCCCOC(=O)c1cccc2ccccc12.N. The van der Waals surface area contributed by atoms with Crippen LogP contribution >= 0.6 is 0 Å². The first-order valence-electron chi connectivity index (χ1n) is 8.48. The Morgan fingerprint density at radius 2 is 1.52 bits per heavy atom. The molecule has 0 bridgehead atoms. The fourth-order valence-electron chi connectivity index (χ4n) is 2.71. The third-order valence-corrected chi connectivity index (χ3v) is 3.99. The summed E-state index contributed by atoms with van der Waals surface area (Å²) in [4.78, 5) is 12.2. The maximum Gasteiger partial charge on any atom is 0.338 e. The van der Waals surface area contributed by atoms with Crippen LogP contribution in [0.25, 0.3) is 10.8 Å². The summed E-state index contributed by atoms with van der Waals surface area (Å²) in [5.41, 5.74) is 0.668. The van der Waals surface area contributed by atoms with E-state index in [0.29, 0.717) is 12.2 Å². The first-order valence-corrected chi connectivity index (χ1v) is 8.48.